The number of carboxylic acid groups (broad SMARTS) is 1. The van der Waals surface area contributed by atoms with Crippen molar-refractivity contribution >= 4 is 17.5 Å². The standard InChI is InChI=1S/C5H6N2O3S.Li/c1-3-6-5(11-7-3)10-2-4(8)9;/h2H2,1H3,(H,8,9);/q;+1/p-1. The minimum absolute atomic E-state index is 0. The molecule has 0 unspecified atom stereocenters. The number of carbonyl (C=O) groups is 1. The zero-order chi connectivity index (χ0) is 8.27. The molecule has 0 saturated carbocycles. The summed E-state index contributed by atoms with van der Waals surface area (Å²) < 4.78 is 8.46. The van der Waals surface area contributed by atoms with Gasteiger partial charge in [0.15, 0.2) is 0 Å². The van der Waals surface area contributed by atoms with Crippen LogP contribution < -0.4 is 28.7 Å². The maximum absolute atomic E-state index is 9.90. The monoisotopic (exact) mass is 180 g/mol. The van der Waals surface area contributed by atoms with Crippen LogP contribution in [0.2, 0.25) is 0 Å². The van der Waals surface area contributed by atoms with E-state index in [1.807, 2.05) is 0 Å². The summed E-state index contributed by atoms with van der Waals surface area (Å²) in [5.74, 6) is -0.693. The van der Waals surface area contributed by atoms with Crippen LogP contribution in [0.4, 0.5) is 0 Å². The van der Waals surface area contributed by atoms with E-state index in [0.29, 0.717) is 5.82 Å². The van der Waals surface area contributed by atoms with E-state index < -0.39 is 12.6 Å². The molecule has 0 N–H and O–H groups in total. The summed E-state index contributed by atoms with van der Waals surface area (Å²) >= 11 is 1.02. The Bertz CT molecular complexity index is 265. The molecule has 0 aliphatic carbocycles. The minimum Gasteiger partial charge on any atom is -0.546 e. The van der Waals surface area contributed by atoms with Gasteiger partial charge in [-0.3, -0.25) is 0 Å². The van der Waals surface area contributed by atoms with E-state index in [0.717, 1.165) is 11.5 Å². The molecule has 0 saturated heterocycles. The Morgan fingerprint density at radius 1 is 1.75 bits per heavy atom. The number of hydrogen-bond acceptors (Lipinski definition) is 6. The Morgan fingerprint density at radius 3 is 2.83 bits per heavy atom. The molecule has 0 atom stereocenters. The SMILES string of the molecule is Cc1nsc(OCC(=O)[O-])n1.[Li+]. The molecule has 0 aliphatic rings. The molecule has 0 aromatic carbocycles. The van der Waals surface area contributed by atoms with E-state index in [4.69, 9.17) is 0 Å². The predicted molar refractivity (Wildman–Crippen MR) is 35.1 cm³/mol. The Kier molecular flexibility index (Phi) is 4.89. The van der Waals surface area contributed by atoms with Gasteiger partial charge in [-0.2, -0.15) is 9.36 Å². The second-order valence-electron chi connectivity index (χ2n) is 1.77. The first-order chi connectivity index (χ1) is 5.18. The van der Waals surface area contributed by atoms with Crippen molar-refractivity contribution in [2.75, 3.05) is 6.61 Å². The molecule has 0 radical (unpaired) electrons. The number of rotatable bonds is 3. The fourth-order valence-corrected chi connectivity index (χ4v) is 0.993. The third-order valence-electron chi connectivity index (χ3n) is 0.822. The van der Waals surface area contributed by atoms with Crippen LogP contribution in [-0.2, 0) is 4.79 Å². The molecule has 1 heterocycles. The van der Waals surface area contributed by atoms with Gasteiger partial charge in [0.1, 0.15) is 12.4 Å². The predicted octanol–water partition coefficient (Wildman–Crippen LogP) is -4.02. The number of ether oxygens (including phenoxy) is 1. The average Bonchev–Trinajstić information content (AvgIpc) is 2.31. The molecule has 7 heteroatoms. The third kappa shape index (κ3) is 3.71. The largest absolute Gasteiger partial charge is 1.00 e. The summed E-state index contributed by atoms with van der Waals surface area (Å²) in [6.07, 6.45) is 0. The van der Waals surface area contributed by atoms with Crippen molar-refractivity contribution < 1.29 is 33.5 Å². The third-order valence-corrected chi connectivity index (χ3v) is 1.54. The minimum atomic E-state index is -1.27. The fraction of sp³-hybridized carbons (Fsp3) is 0.400. The molecule has 0 spiro atoms. The van der Waals surface area contributed by atoms with Crippen molar-refractivity contribution in [3.05, 3.63) is 5.82 Å². The molecule has 0 aliphatic heterocycles. The van der Waals surface area contributed by atoms with Crippen molar-refractivity contribution in [1.82, 2.24) is 9.36 Å². The second kappa shape index (κ2) is 5.14. The average molecular weight is 180 g/mol. The van der Waals surface area contributed by atoms with Gasteiger partial charge in [0, 0.05) is 11.5 Å². The van der Waals surface area contributed by atoms with E-state index in [2.05, 4.69) is 14.1 Å². The van der Waals surface area contributed by atoms with Gasteiger partial charge in [0.2, 0.25) is 0 Å². The van der Waals surface area contributed by atoms with E-state index in [9.17, 15) is 9.90 Å². The van der Waals surface area contributed by atoms with Crippen LogP contribution in [0.3, 0.4) is 0 Å². The number of aromatic nitrogens is 2. The first-order valence-electron chi connectivity index (χ1n) is 2.81. The van der Waals surface area contributed by atoms with Gasteiger partial charge >= 0.3 is 18.9 Å². The van der Waals surface area contributed by atoms with Gasteiger partial charge in [-0.1, -0.05) is 0 Å². The smallest absolute Gasteiger partial charge is 0.546 e. The van der Waals surface area contributed by atoms with Crippen LogP contribution in [0.1, 0.15) is 5.82 Å². The van der Waals surface area contributed by atoms with Crippen LogP contribution in [0, 0.1) is 6.92 Å². The van der Waals surface area contributed by atoms with Gasteiger partial charge in [-0.15, -0.1) is 0 Å². The summed E-state index contributed by atoms with van der Waals surface area (Å²) in [7, 11) is 0. The Morgan fingerprint density at radius 2 is 2.42 bits per heavy atom. The number of carbonyl (C=O) groups excluding carboxylic acids is 1. The summed E-state index contributed by atoms with van der Waals surface area (Å²) in [5.41, 5.74) is 0. The van der Waals surface area contributed by atoms with Crippen molar-refractivity contribution in [2.24, 2.45) is 0 Å². The maximum Gasteiger partial charge on any atom is 1.00 e. The van der Waals surface area contributed by atoms with E-state index in [1.54, 1.807) is 6.92 Å². The van der Waals surface area contributed by atoms with Crippen LogP contribution in [0.15, 0.2) is 0 Å². The number of nitrogens with zero attached hydrogens (tertiary/aromatic N) is 2. The molecule has 1 aromatic rings. The molecule has 1 aromatic heterocycles. The molecular weight excluding hydrogens is 175 g/mol. The first-order valence-corrected chi connectivity index (χ1v) is 3.59. The molecule has 5 nitrogen and oxygen atoms in total. The summed E-state index contributed by atoms with van der Waals surface area (Å²) in [6.45, 7) is 1.22. The van der Waals surface area contributed by atoms with Crippen LogP contribution in [0.25, 0.3) is 0 Å². The molecule has 60 valence electrons. The Labute approximate surface area is 85.1 Å². The normalized spacial score (nSPS) is 8.75. The number of carboxylic acids is 1. The zero-order valence-corrected chi connectivity index (χ0v) is 7.55. The van der Waals surface area contributed by atoms with Gasteiger partial charge in [0.25, 0.3) is 5.19 Å². The Hall–Kier alpha value is -0.573. The summed E-state index contributed by atoms with van der Waals surface area (Å²) in [4.78, 5) is 13.7. The number of aryl methyl sites for hydroxylation is 1. The van der Waals surface area contributed by atoms with Crippen LogP contribution >= 0.6 is 11.5 Å². The van der Waals surface area contributed by atoms with Crippen molar-refractivity contribution in [3.8, 4) is 5.19 Å². The van der Waals surface area contributed by atoms with Gasteiger partial charge < -0.3 is 14.6 Å². The van der Waals surface area contributed by atoms with Crippen molar-refractivity contribution in [1.29, 1.82) is 0 Å². The zero-order valence-electron chi connectivity index (χ0n) is 6.73. The van der Waals surface area contributed by atoms with E-state index in [1.165, 1.54) is 0 Å². The molecule has 1 rings (SSSR count). The molecule has 0 fully saturated rings. The number of aliphatic carboxylic acids is 1. The molecule has 0 amide bonds. The first kappa shape index (κ1) is 11.4. The number of hydrogen-bond donors (Lipinski definition) is 0. The van der Waals surface area contributed by atoms with E-state index in [-0.39, 0.29) is 24.1 Å². The quantitative estimate of drug-likeness (QED) is 0.443. The summed E-state index contributed by atoms with van der Waals surface area (Å²) in [6, 6.07) is 0. The van der Waals surface area contributed by atoms with Crippen LogP contribution in [-0.4, -0.2) is 21.9 Å². The summed E-state index contributed by atoms with van der Waals surface area (Å²) in [5, 5.41) is 10.2. The van der Waals surface area contributed by atoms with E-state index >= 15 is 0 Å². The van der Waals surface area contributed by atoms with Gasteiger partial charge in [0.05, 0.1) is 5.97 Å². The van der Waals surface area contributed by atoms with Crippen molar-refractivity contribution in [3.63, 3.8) is 0 Å². The molecule has 12 heavy (non-hydrogen) atoms. The Balaban J connectivity index is 0.00000121. The topological polar surface area (TPSA) is 75.1 Å². The van der Waals surface area contributed by atoms with Gasteiger partial charge in [-0.25, -0.2) is 0 Å². The van der Waals surface area contributed by atoms with Gasteiger partial charge in [-0.05, 0) is 6.92 Å². The molecular formula is C5H5LiN2O3S. The second-order valence-corrected chi connectivity index (χ2v) is 2.48. The maximum atomic E-state index is 9.90. The molecule has 0 bridgehead atoms. The fourth-order valence-electron chi connectivity index (χ4n) is 0.457. The van der Waals surface area contributed by atoms with Crippen LogP contribution in [0.5, 0.6) is 5.19 Å². The van der Waals surface area contributed by atoms with Crippen molar-refractivity contribution in [2.45, 2.75) is 6.92 Å².